The Bertz CT molecular complexity index is 977. The van der Waals surface area contributed by atoms with E-state index in [4.69, 9.17) is 11.6 Å². The summed E-state index contributed by atoms with van der Waals surface area (Å²) in [6.45, 7) is 2.11. The Morgan fingerprint density at radius 1 is 1.04 bits per heavy atom. The third-order valence-electron chi connectivity index (χ3n) is 3.93. The Balaban J connectivity index is 1.70. The van der Waals surface area contributed by atoms with Crippen LogP contribution in [0.25, 0.3) is 0 Å². The normalized spacial score (nSPS) is 10.3. The predicted octanol–water partition coefficient (Wildman–Crippen LogP) is 3.62. The number of hydrogen-bond donors (Lipinski definition) is 2. The maximum atomic E-state index is 12.5. The molecule has 3 rings (SSSR count). The minimum absolute atomic E-state index is 0.278. The smallest absolute Gasteiger partial charge is 0.257 e. The van der Waals surface area contributed by atoms with Crippen LogP contribution in [-0.4, -0.2) is 21.8 Å². The summed E-state index contributed by atoms with van der Waals surface area (Å²) in [4.78, 5) is 33.0. The monoisotopic (exact) mass is 380 g/mol. The highest BCUT2D eigenvalue weighted by Crippen LogP contribution is 2.23. The molecule has 0 fully saturated rings. The number of halogens is 1. The number of hydrogen-bond acceptors (Lipinski definition) is 4. The summed E-state index contributed by atoms with van der Waals surface area (Å²) in [6.07, 6.45) is 4.48. The van der Waals surface area contributed by atoms with Gasteiger partial charge in [-0.15, -0.1) is 0 Å². The molecule has 2 amide bonds. The van der Waals surface area contributed by atoms with E-state index in [0.717, 1.165) is 11.3 Å². The molecule has 27 heavy (non-hydrogen) atoms. The van der Waals surface area contributed by atoms with Crippen molar-refractivity contribution in [1.82, 2.24) is 15.3 Å². The molecule has 3 aromatic rings. The van der Waals surface area contributed by atoms with E-state index in [-0.39, 0.29) is 23.9 Å². The first-order chi connectivity index (χ1) is 13.0. The number of nitrogens with zero attached hydrogens (tertiary/aromatic N) is 2. The van der Waals surface area contributed by atoms with Crippen molar-refractivity contribution < 1.29 is 9.59 Å². The number of nitrogens with one attached hydrogen (secondary N) is 2. The first-order valence-electron chi connectivity index (χ1n) is 8.24. The van der Waals surface area contributed by atoms with Crippen LogP contribution in [0.3, 0.4) is 0 Å². The fraction of sp³-hybridized carbons (Fsp3) is 0.100. The maximum Gasteiger partial charge on any atom is 0.257 e. The summed E-state index contributed by atoms with van der Waals surface area (Å²) in [5, 5.41) is 6.11. The Morgan fingerprint density at radius 2 is 1.81 bits per heavy atom. The first kappa shape index (κ1) is 18.5. The molecule has 0 aliphatic heterocycles. The maximum absolute atomic E-state index is 12.5. The Hall–Kier alpha value is -3.25. The van der Waals surface area contributed by atoms with Crippen LogP contribution in [0.5, 0.6) is 0 Å². The molecule has 0 atom stereocenters. The molecule has 0 spiro atoms. The number of benzene rings is 1. The van der Waals surface area contributed by atoms with Crippen LogP contribution < -0.4 is 10.6 Å². The number of pyridine rings is 2. The van der Waals surface area contributed by atoms with E-state index in [1.54, 1.807) is 30.5 Å². The second kappa shape index (κ2) is 8.42. The molecule has 0 aliphatic rings. The highest BCUT2D eigenvalue weighted by atomic mass is 35.5. The fourth-order valence-corrected chi connectivity index (χ4v) is 2.58. The fourth-order valence-electron chi connectivity index (χ4n) is 2.40. The topological polar surface area (TPSA) is 84.0 Å². The van der Waals surface area contributed by atoms with Gasteiger partial charge in [-0.05, 0) is 42.8 Å². The van der Waals surface area contributed by atoms with E-state index in [1.165, 1.54) is 18.5 Å². The van der Waals surface area contributed by atoms with Crippen molar-refractivity contribution in [2.45, 2.75) is 13.5 Å². The zero-order valence-corrected chi connectivity index (χ0v) is 15.3. The van der Waals surface area contributed by atoms with Gasteiger partial charge in [0.05, 0.1) is 23.4 Å². The van der Waals surface area contributed by atoms with Gasteiger partial charge in [-0.1, -0.05) is 23.7 Å². The van der Waals surface area contributed by atoms with Crippen molar-refractivity contribution in [2.24, 2.45) is 0 Å². The molecule has 2 heterocycles. The summed E-state index contributed by atoms with van der Waals surface area (Å²) < 4.78 is 0. The summed E-state index contributed by atoms with van der Waals surface area (Å²) in [5.74, 6) is -0.700. The lowest BCUT2D eigenvalue weighted by Gasteiger charge is -2.10. The third-order valence-corrected chi connectivity index (χ3v) is 4.34. The number of carbonyl (C=O) groups is 2. The van der Waals surface area contributed by atoms with Gasteiger partial charge in [0.25, 0.3) is 11.8 Å². The van der Waals surface area contributed by atoms with Gasteiger partial charge in [-0.3, -0.25) is 19.6 Å². The van der Waals surface area contributed by atoms with Gasteiger partial charge >= 0.3 is 0 Å². The van der Waals surface area contributed by atoms with Gasteiger partial charge in [0.1, 0.15) is 0 Å². The van der Waals surface area contributed by atoms with Gasteiger partial charge in [-0.25, -0.2) is 0 Å². The lowest BCUT2D eigenvalue weighted by molar-refractivity contribution is 0.0950. The van der Waals surface area contributed by atoms with Crippen molar-refractivity contribution in [2.75, 3.05) is 5.32 Å². The molecule has 136 valence electrons. The molecule has 0 aliphatic carbocycles. The van der Waals surface area contributed by atoms with Crippen LogP contribution in [0.2, 0.25) is 5.02 Å². The molecule has 0 saturated heterocycles. The van der Waals surface area contributed by atoms with E-state index in [0.29, 0.717) is 16.3 Å². The minimum atomic E-state index is -0.368. The van der Waals surface area contributed by atoms with Gasteiger partial charge < -0.3 is 10.6 Å². The second-order valence-corrected chi connectivity index (χ2v) is 6.24. The molecular weight excluding hydrogens is 364 g/mol. The van der Waals surface area contributed by atoms with Crippen molar-refractivity contribution in [1.29, 1.82) is 0 Å². The van der Waals surface area contributed by atoms with Crippen LogP contribution in [0.1, 0.15) is 32.0 Å². The van der Waals surface area contributed by atoms with Crippen LogP contribution in [0, 0.1) is 6.92 Å². The summed E-state index contributed by atoms with van der Waals surface area (Å²) in [5.41, 5.74) is 2.69. The molecule has 0 unspecified atom stereocenters. The molecule has 2 N–H and O–H groups in total. The van der Waals surface area contributed by atoms with Crippen molar-refractivity contribution >= 4 is 29.1 Å². The largest absolute Gasteiger partial charge is 0.346 e. The van der Waals surface area contributed by atoms with Gasteiger partial charge in [0.2, 0.25) is 0 Å². The lowest BCUT2D eigenvalue weighted by Crippen LogP contribution is -2.24. The summed E-state index contributed by atoms with van der Waals surface area (Å²) in [7, 11) is 0. The van der Waals surface area contributed by atoms with Crippen molar-refractivity contribution in [3.8, 4) is 0 Å². The first-order valence-corrected chi connectivity index (χ1v) is 8.62. The van der Waals surface area contributed by atoms with E-state index >= 15 is 0 Å². The standard InChI is InChI=1S/C20H17ClN4O2/c1-13-17(21)6-4-7-18(13)25-20(27)15-9-14(10-22-11-15)19(26)24-12-16-5-2-3-8-23-16/h2-11H,12H2,1H3,(H,24,26)(H,25,27). The van der Waals surface area contributed by atoms with E-state index in [1.807, 2.05) is 19.1 Å². The Labute approximate surface area is 161 Å². The second-order valence-electron chi connectivity index (χ2n) is 5.83. The zero-order chi connectivity index (χ0) is 19.2. The number of rotatable bonds is 5. The van der Waals surface area contributed by atoms with Crippen LogP contribution in [0.4, 0.5) is 5.69 Å². The zero-order valence-electron chi connectivity index (χ0n) is 14.6. The molecule has 7 heteroatoms. The quantitative estimate of drug-likeness (QED) is 0.708. The Kier molecular flexibility index (Phi) is 5.78. The summed E-state index contributed by atoms with van der Waals surface area (Å²) >= 11 is 6.07. The average molecular weight is 381 g/mol. The number of amides is 2. The Morgan fingerprint density at radius 3 is 2.56 bits per heavy atom. The highest BCUT2D eigenvalue weighted by Gasteiger charge is 2.13. The summed E-state index contributed by atoms with van der Waals surface area (Å²) in [6, 6.07) is 12.2. The van der Waals surface area contributed by atoms with Crippen LogP contribution in [-0.2, 0) is 6.54 Å². The lowest BCUT2D eigenvalue weighted by atomic mass is 10.1. The van der Waals surface area contributed by atoms with E-state index in [9.17, 15) is 9.59 Å². The molecule has 6 nitrogen and oxygen atoms in total. The van der Waals surface area contributed by atoms with Crippen molar-refractivity contribution in [3.63, 3.8) is 0 Å². The van der Waals surface area contributed by atoms with Crippen molar-refractivity contribution in [3.05, 3.63) is 88.5 Å². The van der Waals surface area contributed by atoms with Gasteiger partial charge in [0.15, 0.2) is 0 Å². The minimum Gasteiger partial charge on any atom is -0.346 e. The number of carbonyl (C=O) groups excluding carboxylic acids is 2. The van der Waals surface area contributed by atoms with E-state index in [2.05, 4.69) is 20.6 Å². The van der Waals surface area contributed by atoms with E-state index < -0.39 is 0 Å². The predicted molar refractivity (Wildman–Crippen MR) is 104 cm³/mol. The number of aromatic nitrogens is 2. The molecule has 0 saturated carbocycles. The molecule has 0 bridgehead atoms. The number of anilines is 1. The van der Waals surface area contributed by atoms with Crippen LogP contribution >= 0.6 is 11.6 Å². The molecule has 1 aromatic carbocycles. The molecule has 0 radical (unpaired) electrons. The molecule has 2 aromatic heterocycles. The SMILES string of the molecule is Cc1c(Cl)cccc1NC(=O)c1cncc(C(=O)NCc2ccccn2)c1. The highest BCUT2D eigenvalue weighted by molar-refractivity contribution is 6.31. The van der Waals surface area contributed by atoms with Gasteiger partial charge in [-0.2, -0.15) is 0 Å². The van der Waals surface area contributed by atoms with Crippen LogP contribution in [0.15, 0.2) is 61.1 Å². The molecular formula is C20H17ClN4O2. The van der Waals surface area contributed by atoms with Gasteiger partial charge in [0, 0.05) is 29.3 Å². The average Bonchev–Trinajstić information content (AvgIpc) is 2.70. The third kappa shape index (κ3) is 4.68.